The van der Waals surface area contributed by atoms with Gasteiger partial charge in [0.25, 0.3) is 5.56 Å². The van der Waals surface area contributed by atoms with Crippen molar-refractivity contribution in [1.29, 1.82) is 0 Å². The summed E-state index contributed by atoms with van der Waals surface area (Å²) in [7, 11) is 1.62. The number of ether oxygens (including phenoxy) is 1. The molecule has 1 atom stereocenters. The molecule has 0 aliphatic heterocycles. The monoisotopic (exact) mass is 561 g/mol. The number of benzene rings is 2. The number of fused-ring (bicyclic) bond motifs is 3. The van der Waals surface area contributed by atoms with Gasteiger partial charge < -0.3 is 10.1 Å². The summed E-state index contributed by atoms with van der Waals surface area (Å²) in [6.07, 6.45) is 2.92. The highest BCUT2D eigenvalue weighted by Crippen LogP contribution is 2.42. The van der Waals surface area contributed by atoms with Crippen LogP contribution in [-0.4, -0.2) is 28.3 Å². The number of anilines is 1. The Morgan fingerprint density at radius 3 is 2.62 bits per heavy atom. The molecule has 6 nitrogen and oxygen atoms in total. The number of nitrogens with one attached hydrogen (secondary N) is 1. The van der Waals surface area contributed by atoms with Crippen LogP contribution < -0.4 is 15.6 Å². The molecule has 39 heavy (non-hydrogen) atoms. The fourth-order valence-electron chi connectivity index (χ4n) is 5.18. The first-order valence-corrected chi connectivity index (χ1v) is 15.1. The van der Waals surface area contributed by atoms with Crippen molar-refractivity contribution >= 4 is 44.9 Å². The molecule has 2 heterocycles. The van der Waals surface area contributed by atoms with E-state index >= 15 is 0 Å². The number of aromatic nitrogens is 2. The molecule has 0 fully saturated rings. The summed E-state index contributed by atoms with van der Waals surface area (Å²) in [6, 6.07) is 13.4. The summed E-state index contributed by atoms with van der Waals surface area (Å²) >= 11 is 2.92. The Kier molecular flexibility index (Phi) is 7.62. The average molecular weight is 562 g/mol. The highest BCUT2D eigenvalue weighted by Gasteiger charge is 2.32. The van der Waals surface area contributed by atoms with E-state index in [0.717, 1.165) is 57.5 Å². The molecular weight excluding hydrogens is 526 g/mol. The van der Waals surface area contributed by atoms with Crippen molar-refractivity contribution in [1.82, 2.24) is 9.55 Å². The summed E-state index contributed by atoms with van der Waals surface area (Å²) < 4.78 is 7.16. The Balaban J connectivity index is 1.57. The van der Waals surface area contributed by atoms with Gasteiger partial charge in [0, 0.05) is 16.6 Å². The minimum atomic E-state index is -0.148. The van der Waals surface area contributed by atoms with Crippen LogP contribution in [0.4, 0.5) is 5.69 Å². The molecule has 1 amide bonds. The molecule has 1 unspecified atom stereocenters. The number of carbonyl (C=O) groups excluding carboxylic acids is 1. The zero-order valence-electron chi connectivity index (χ0n) is 23.4. The third-order valence-corrected chi connectivity index (χ3v) is 9.69. The zero-order valence-corrected chi connectivity index (χ0v) is 25.0. The Morgan fingerprint density at radius 2 is 1.92 bits per heavy atom. The number of methoxy groups -OCH3 is 1. The number of hydrogen-bond acceptors (Lipinski definition) is 6. The van der Waals surface area contributed by atoms with Crippen LogP contribution in [-0.2, 0) is 17.6 Å². The lowest BCUT2D eigenvalue weighted by Crippen LogP contribution is -2.27. The van der Waals surface area contributed by atoms with Gasteiger partial charge in [-0.15, -0.1) is 11.3 Å². The zero-order chi connectivity index (χ0) is 27.9. The number of nitrogens with zero attached hydrogens (tertiary/aromatic N) is 2. The molecule has 0 saturated heterocycles. The molecule has 0 bridgehead atoms. The first-order valence-electron chi connectivity index (χ1n) is 13.3. The minimum Gasteiger partial charge on any atom is -0.497 e. The molecule has 0 spiro atoms. The molecule has 1 aliphatic carbocycles. The van der Waals surface area contributed by atoms with E-state index in [2.05, 4.69) is 26.1 Å². The van der Waals surface area contributed by atoms with E-state index in [1.807, 2.05) is 56.3 Å². The number of thioether (sulfide) groups is 1. The van der Waals surface area contributed by atoms with E-state index in [4.69, 9.17) is 9.72 Å². The molecule has 0 saturated carbocycles. The van der Waals surface area contributed by atoms with Crippen LogP contribution in [0.15, 0.2) is 52.4 Å². The molecule has 4 aromatic rings. The molecule has 0 radical (unpaired) electrons. The minimum absolute atomic E-state index is 0.0792. The number of rotatable bonds is 6. The van der Waals surface area contributed by atoms with Crippen LogP contribution >= 0.6 is 23.1 Å². The number of thiophene rings is 1. The SMILES string of the molecule is COc1ccc(C)c(-n2c(SCC(=O)Nc3ccc(C)cc3)nc3sc4c(c3c2=O)CCC(C(C)(C)C)C4)c1. The Hall–Kier alpha value is -3.10. The summed E-state index contributed by atoms with van der Waals surface area (Å²) in [5, 5.41) is 4.18. The van der Waals surface area contributed by atoms with Gasteiger partial charge in [-0.1, -0.05) is 56.3 Å². The van der Waals surface area contributed by atoms with Crippen LogP contribution in [0.3, 0.4) is 0 Å². The first kappa shape index (κ1) is 27.5. The number of amides is 1. The Labute approximate surface area is 237 Å². The topological polar surface area (TPSA) is 73.2 Å². The third kappa shape index (κ3) is 5.63. The van der Waals surface area contributed by atoms with Crippen molar-refractivity contribution in [3.8, 4) is 11.4 Å². The predicted molar refractivity (Wildman–Crippen MR) is 162 cm³/mol. The fourth-order valence-corrected chi connectivity index (χ4v) is 7.32. The molecule has 204 valence electrons. The fraction of sp³-hybridized carbons (Fsp3) is 0.387. The summed E-state index contributed by atoms with van der Waals surface area (Å²) in [6.45, 7) is 10.9. The second-order valence-electron chi connectivity index (χ2n) is 11.4. The van der Waals surface area contributed by atoms with Gasteiger partial charge in [0.15, 0.2) is 5.16 Å². The molecule has 1 aliphatic rings. The maximum atomic E-state index is 14.3. The van der Waals surface area contributed by atoms with E-state index in [9.17, 15) is 9.59 Å². The highest BCUT2D eigenvalue weighted by molar-refractivity contribution is 7.99. The van der Waals surface area contributed by atoms with Crippen LogP contribution in [0, 0.1) is 25.2 Å². The van der Waals surface area contributed by atoms with Gasteiger partial charge in [0.2, 0.25) is 5.91 Å². The van der Waals surface area contributed by atoms with E-state index in [-0.39, 0.29) is 22.6 Å². The number of hydrogen-bond donors (Lipinski definition) is 1. The normalized spacial score (nSPS) is 15.3. The maximum absolute atomic E-state index is 14.3. The van der Waals surface area contributed by atoms with E-state index in [1.165, 1.54) is 16.6 Å². The van der Waals surface area contributed by atoms with Crippen molar-refractivity contribution in [2.24, 2.45) is 11.3 Å². The van der Waals surface area contributed by atoms with Crippen molar-refractivity contribution < 1.29 is 9.53 Å². The largest absolute Gasteiger partial charge is 0.497 e. The molecule has 8 heteroatoms. The molecular formula is C31H35N3O3S2. The summed E-state index contributed by atoms with van der Waals surface area (Å²) in [4.78, 5) is 34.2. The van der Waals surface area contributed by atoms with E-state index < -0.39 is 0 Å². The van der Waals surface area contributed by atoms with Crippen molar-refractivity contribution in [2.45, 2.75) is 59.0 Å². The van der Waals surface area contributed by atoms with Crippen LogP contribution in [0.1, 0.15) is 48.8 Å². The van der Waals surface area contributed by atoms with E-state index in [0.29, 0.717) is 16.8 Å². The first-order chi connectivity index (χ1) is 18.5. The van der Waals surface area contributed by atoms with Crippen LogP contribution in [0.5, 0.6) is 5.75 Å². The predicted octanol–water partition coefficient (Wildman–Crippen LogP) is 6.95. The average Bonchev–Trinajstić information content (AvgIpc) is 3.27. The lowest BCUT2D eigenvalue weighted by molar-refractivity contribution is -0.113. The second-order valence-corrected chi connectivity index (χ2v) is 13.4. The Morgan fingerprint density at radius 1 is 1.18 bits per heavy atom. The van der Waals surface area contributed by atoms with Gasteiger partial charge in [0.1, 0.15) is 10.6 Å². The van der Waals surface area contributed by atoms with E-state index in [1.54, 1.807) is 23.0 Å². The lowest BCUT2D eigenvalue weighted by atomic mass is 9.72. The third-order valence-electron chi connectivity index (χ3n) is 7.60. The molecule has 1 N–H and O–H groups in total. The quantitative estimate of drug-likeness (QED) is 0.204. The second kappa shape index (κ2) is 10.8. The van der Waals surface area contributed by atoms with Gasteiger partial charge in [-0.05, 0) is 73.8 Å². The number of aryl methyl sites for hydroxylation is 3. The van der Waals surface area contributed by atoms with Crippen LogP contribution in [0.25, 0.3) is 15.9 Å². The van der Waals surface area contributed by atoms with Gasteiger partial charge >= 0.3 is 0 Å². The van der Waals surface area contributed by atoms with Crippen molar-refractivity contribution in [2.75, 3.05) is 18.2 Å². The van der Waals surface area contributed by atoms with Gasteiger partial charge in [0.05, 0.1) is 23.9 Å². The maximum Gasteiger partial charge on any atom is 0.267 e. The standard InChI is InChI=1S/C31H35N3O3S2/c1-18-7-11-21(12-8-18)32-26(35)17-38-30-33-28-27(23-14-10-20(31(3,4)5)15-25(23)39-28)29(36)34(30)24-16-22(37-6)13-9-19(24)2/h7-9,11-13,16,20H,10,14-15,17H2,1-6H3,(H,32,35). The smallest absolute Gasteiger partial charge is 0.267 e. The molecule has 2 aromatic heterocycles. The Bertz CT molecular complexity index is 1600. The van der Waals surface area contributed by atoms with Gasteiger partial charge in [-0.3, -0.25) is 14.2 Å². The highest BCUT2D eigenvalue weighted by atomic mass is 32.2. The van der Waals surface area contributed by atoms with Crippen molar-refractivity contribution in [3.05, 3.63) is 74.4 Å². The summed E-state index contributed by atoms with van der Waals surface area (Å²) in [5.74, 6) is 1.22. The molecule has 5 rings (SSSR count). The lowest BCUT2D eigenvalue weighted by Gasteiger charge is -2.33. The van der Waals surface area contributed by atoms with Gasteiger partial charge in [-0.2, -0.15) is 0 Å². The van der Waals surface area contributed by atoms with Crippen LogP contribution in [0.2, 0.25) is 0 Å². The van der Waals surface area contributed by atoms with Crippen molar-refractivity contribution in [3.63, 3.8) is 0 Å². The molecule has 2 aromatic carbocycles. The summed E-state index contributed by atoms with van der Waals surface area (Å²) in [5.41, 5.74) is 4.81. The number of carbonyl (C=O) groups is 1. The van der Waals surface area contributed by atoms with Gasteiger partial charge in [-0.25, -0.2) is 4.98 Å².